The topological polar surface area (TPSA) is 9.23 Å². The number of hydrogen-bond acceptors (Lipinski definition) is 1. The lowest BCUT2D eigenvalue weighted by molar-refractivity contribution is 0.152. The van der Waals surface area contributed by atoms with Crippen LogP contribution in [0.15, 0.2) is 12.2 Å². The minimum absolute atomic E-state index is 0.704. The van der Waals surface area contributed by atoms with E-state index in [-0.39, 0.29) is 0 Å². The third-order valence-electron chi connectivity index (χ3n) is 1.91. The summed E-state index contributed by atoms with van der Waals surface area (Å²) in [6, 6.07) is 1.22. The van der Waals surface area contributed by atoms with Crippen LogP contribution in [0.1, 0.15) is 26.2 Å². The first-order valence-electron chi connectivity index (χ1n) is 5.33. The van der Waals surface area contributed by atoms with Gasteiger partial charge in [-0.3, -0.25) is 0 Å². The van der Waals surface area contributed by atoms with Crippen LogP contribution in [0.4, 0.5) is 0 Å². The maximum Gasteiger partial charge on any atom is 0.150 e. The van der Waals surface area contributed by atoms with E-state index in [1.807, 2.05) is 6.92 Å². The molecule has 0 amide bonds. The normalized spacial score (nSPS) is 11.7. The van der Waals surface area contributed by atoms with Crippen LogP contribution in [0.2, 0.25) is 19.1 Å². The number of unbranched alkanes of at least 4 members (excludes halogenated alkanes) is 2. The lowest BCUT2D eigenvalue weighted by atomic mass is 10.3. The van der Waals surface area contributed by atoms with Gasteiger partial charge in [-0.15, -0.1) is 0 Å². The lowest BCUT2D eigenvalue weighted by Gasteiger charge is -2.11. The largest absolute Gasteiger partial charge is 0.377 e. The Morgan fingerprint density at radius 3 is 2.43 bits per heavy atom. The molecule has 0 bridgehead atoms. The van der Waals surface area contributed by atoms with Crippen molar-refractivity contribution < 1.29 is 4.74 Å². The van der Waals surface area contributed by atoms with Gasteiger partial charge in [-0.25, -0.2) is 0 Å². The summed E-state index contributed by atoms with van der Waals surface area (Å²) in [4.78, 5) is 0. The van der Waals surface area contributed by atoms with Crippen molar-refractivity contribution in [1.29, 1.82) is 0 Å². The highest BCUT2D eigenvalue weighted by atomic mass is 35.6. The van der Waals surface area contributed by atoms with Crippen LogP contribution in [-0.2, 0) is 4.74 Å². The van der Waals surface area contributed by atoms with Crippen molar-refractivity contribution in [1.82, 2.24) is 0 Å². The van der Waals surface area contributed by atoms with Crippen molar-refractivity contribution in [3.05, 3.63) is 12.2 Å². The van der Waals surface area contributed by atoms with Crippen molar-refractivity contribution in [2.24, 2.45) is 0 Å². The molecule has 84 valence electrons. The third kappa shape index (κ3) is 12.2. The van der Waals surface area contributed by atoms with Gasteiger partial charge in [-0.05, 0) is 19.4 Å². The second-order valence-corrected chi connectivity index (χ2v) is 11.5. The van der Waals surface area contributed by atoms with E-state index in [0.29, 0.717) is 6.61 Å². The van der Waals surface area contributed by atoms with Crippen molar-refractivity contribution in [3.63, 3.8) is 0 Å². The zero-order chi connectivity index (χ0) is 11.0. The highest BCUT2D eigenvalue weighted by Crippen LogP contribution is 2.18. The molecule has 0 aliphatic heterocycles. The predicted molar refractivity (Wildman–Crippen MR) is 67.6 cm³/mol. The summed E-state index contributed by atoms with van der Waals surface area (Å²) in [5.74, 6) is 0. The van der Waals surface area contributed by atoms with Crippen LogP contribution in [0, 0.1) is 0 Å². The highest BCUT2D eigenvalue weighted by molar-refractivity contribution is 7.19. The summed E-state index contributed by atoms with van der Waals surface area (Å²) in [6.45, 7) is 11.7. The molecule has 0 aliphatic rings. The molecule has 0 atom stereocenters. The molecule has 0 saturated heterocycles. The lowest BCUT2D eigenvalue weighted by Crippen LogP contribution is -2.15. The summed E-state index contributed by atoms with van der Waals surface area (Å²) >= 11 is 6.21. The molecule has 1 nitrogen and oxygen atoms in total. The van der Waals surface area contributed by atoms with E-state index in [0.717, 1.165) is 18.6 Å². The fourth-order valence-electron chi connectivity index (χ4n) is 1.17. The van der Waals surface area contributed by atoms with Gasteiger partial charge in [-0.2, -0.15) is 11.1 Å². The fraction of sp³-hybridized carbons (Fsp3) is 0.818. The second-order valence-electron chi connectivity index (χ2n) is 4.54. The average Bonchev–Trinajstić information content (AvgIpc) is 2.00. The van der Waals surface area contributed by atoms with E-state index < -0.39 is 7.38 Å². The van der Waals surface area contributed by atoms with Gasteiger partial charge in [0.1, 0.15) is 7.38 Å². The maximum absolute atomic E-state index is 6.21. The van der Waals surface area contributed by atoms with Gasteiger partial charge >= 0.3 is 0 Å². The van der Waals surface area contributed by atoms with E-state index in [2.05, 4.69) is 19.7 Å². The molecule has 0 aromatic heterocycles. The Balaban J connectivity index is 3.11. The monoisotopic (exact) mass is 234 g/mol. The maximum atomic E-state index is 6.21. The highest BCUT2D eigenvalue weighted by Gasteiger charge is 2.15. The van der Waals surface area contributed by atoms with Gasteiger partial charge in [0, 0.05) is 6.61 Å². The first-order chi connectivity index (χ1) is 6.42. The predicted octanol–water partition coefficient (Wildman–Crippen LogP) is 4.19. The smallest absolute Gasteiger partial charge is 0.150 e. The van der Waals surface area contributed by atoms with E-state index in [1.54, 1.807) is 0 Å². The van der Waals surface area contributed by atoms with Gasteiger partial charge in [-0.1, -0.05) is 38.1 Å². The van der Waals surface area contributed by atoms with E-state index >= 15 is 0 Å². The van der Waals surface area contributed by atoms with Crippen LogP contribution in [-0.4, -0.2) is 20.6 Å². The van der Waals surface area contributed by atoms with Crippen LogP contribution in [0.3, 0.4) is 0 Å². The standard InChI is InChI=1S/C11H23ClOSi/c1-11(2)10-13-8-6-5-7-9-14(3,4)12/h1,5-10H2,2-4H3. The Kier molecular flexibility index (Phi) is 7.60. The molecule has 14 heavy (non-hydrogen) atoms. The van der Waals surface area contributed by atoms with Gasteiger partial charge in [0.2, 0.25) is 0 Å². The molecular weight excluding hydrogens is 212 g/mol. The SMILES string of the molecule is C=C(C)COCCCCC[Si](C)(C)Cl. The molecule has 0 aromatic carbocycles. The molecule has 0 rings (SSSR count). The molecule has 0 heterocycles. The van der Waals surface area contributed by atoms with Crippen LogP contribution < -0.4 is 0 Å². The number of hydrogen-bond donors (Lipinski definition) is 0. The van der Waals surface area contributed by atoms with Crippen LogP contribution >= 0.6 is 11.1 Å². The summed E-state index contributed by atoms with van der Waals surface area (Å²) < 4.78 is 5.41. The summed E-state index contributed by atoms with van der Waals surface area (Å²) in [6.07, 6.45) is 3.63. The van der Waals surface area contributed by atoms with E-state index in [9.17, 15) is 0 Å². The summed E-state index contributed by atoms with van der Waals surface area (Å²) in [5.41, 5.74) is 1.10. The minimum Gasteiger partial charge on any atom is -0.377 e. The molecule has 0 fully saturated rings. The second kappa shape index (κ2) is 7.49. The van der Waals surface area contributed by atoms with Crippen LogP contribution in [0.25, 0.3) is 0 Å². The molecule has 0 aromatic rings. The summed E-state index contributed by atoms with van der Waals surface area (Å²) in [7, 11) is -1.33. The van der Waals surface area contributed by atoms with E-state index in [4.69, 9.17) is 15.8 Å². The van der Waals surface area contributed by atoms with Gasteiger partial charge in [0.15, 0.2) is 0 Å². The number of halogens is 1. The van der Waals surface area contributed by atoms with Gasteiger partial charge < -0.3 is 4.74 Å². The first-order valence-corrected chi connectivity index (χ1v) is 9.55. The Morgan fingerprint density at radius 1 is 1.29 bits per heavy atom. The Bertz CT molecular complexity index is 163. The molecule has 0 radical (unpaired) electrons. The summed E-state index contributed by atoms with van der Waals surface area (Å²) in [5, 5.41) is 0. The first kappa shape index (κ1) is 14.2. The number of rotatable bonds is 8. The molecule has 0 unspecified atom stereocenters. The Hall–Kier alpha value is 0.207. The quantitative estimate of drug-likeness (QED) is 0.265. The van der Waals surface area contributed by atoms with Gasteiger partial charge in [0.25, 0.3) is 0 Å². The van der Waals surface area contributed by atoms with Crippen molar-refractivity contribution >= 4 is 18.5 Å². The Morgan fingerprint density at radius 2 is 1.93 bits per heavy atom. The average molecular weight is 235 g/mol. The zero-order valence-corrected chi connectivity index (χ0v) is 11.5. The number of ether oxygens (including phenoxy) is 1. The molecule has 0 N–H and O–H groups in total. The molecule has 3 heteroatoms. The molecule has 0 saturated carbocycles. The molecule has 0 spiro atoms. The molecular formula is C11H23ClOSi. The molecule has 0 aliphatic carbocycles. The van der Waals surface area contributed by atoms with Crippen molar-refractivity contribution in [3.8, 4) is 0 Å². The van der Waals surface area contributed by atoms with Crippen LogP contribution in [0.5, 0.6) is 0 Å². The Labute approximate surface area is 94.2 Å². The van der Waals surface area contributed by atoms with Crippen molar-refractivity contribution in [2.75, 3.05) is 13.2 Å². The zero-order valence-electron chi connectivity index (χ0n) is 9.74. The minimum atomic E-state index is -1.33. The van der Waals surface area contributed by atoms with Crippen molar-refractivity contribution in [2.45, 2.75) is 45.3 Å². The fourth-order valence-corrected chi connectivity index (χ4v) is 2.66. The van der Waals surface area contributed by atoms with Gasteiger partial charge in [0.05, 0.1) is 6.61 Å². The third-order valence-corrected chi connectivity index (χ3v) is 4.02. The van der Waals surface area contributed by atoms with E-state index in [1.165, 1.54) is 18.9 Å².